The topological polar surface area (TPSA) is 43.4 Å². The van der Waals surface area contributed by atoms with Crippen LogP contribution in [0, 0.1) is 5.41 Å². The number of benzene rings is 1. The maximum Gasteiger partial charge on any atom is 0.178 e. The van der Waals surface area contributed by atoms with Crippen LogP contribution in [-0.4, -0.2) is 26.6 Å². The monoisotopic (exact) mass is 374 g/mol. The van der Waals surface area contributed by atoms with Crippen molar-refractivity contribution in [2.24, 2.45) is 5.41 Å². The van der Waals surface area contributed by atoms with Gasteiger partial charge in [0, 0.05) is 5.33 Å². The van der Waals surface area contributed by atoms with Gasteiger partial charge in [-0.1, -0.05) is 41.6 Å². The van der Waals surface area contributed by atoms with Gasteiger partial charge in [-0.2, -0.15) is 0 Å². The van der Waals surface area contributed by atoms with E-state index in [0.29, 0.717) is 10.6 Å². The van der Waals surface area contributed by atoms with E-state index >= 15 is 0 Å². The molecule has 0 heterocycles. The van der Waals surface area contributed by atoms with Crippen LogP contribution < -0.4 is 4.74 Å². The summed E-state index contributed by atoms with van der Waals surface area (Å²) in [5, 5.41) is 0.759. The highest BCUT2D eigenvalue weighted by Crippen LogP contribution is 2.39. The largest absolute Gasteiger partial charge is 0.497 e. The van der Waals surface area contributed by atoms with E-state index in [4.69, 9.17) is 4.74 Å². The van der Waals surface area contributed by atoms with Crippen molar-refractivity contribution in [1.82, 2.24) is 0 Å². The number of halogens is 1. The average Bonchev–Trinajstić information content (AvgIpc) is 2.73. The first-order valence-corrected chi connectivity index (χ1v) is 10.2. The van der Waals surface area contributed by atoms with Gasteiger partial charge in [0.15, 0.2) is 9.84 Å². The van der Waals surface area contributed by atoms with Gasteiger partial charge in [-0.05, 0) is 42.5 Å². The van der Waals surface area contributed by atoms with Gasteiger partial charge >= 0.3 is 0 Å². The molecule has 1 aliphatic carbocycles. The molecule has 0 aromatic heterocycles. The smallest absolute Gasteiger partial charge is 0.178 e. The fourth-order valence-corrected chi connectivity index (χ4v) is 6.00. The molecular weight excluding hydrogens is 352 g/mol. The Kier molecular flexibility index (Phi) is 5.72. The maximum atomic E-state index is 12.7. The lowest BCUT2D eigenvalue weighted by Crippen LogP contribution is -2.31. The second kappa shape index (κ2) is 7.14. The molecule has 1 fully saturated rings. The Bertz CT molecular complexity index is 543. The molecule has 21 heavy (non-hydrogen) atoms. The van der Waals surface area contributed by atoms with Crippen molar-refractivity contribution in [2.75, 3.05) is 18.2 Å². The Hall–Kier alpha value is -0.550. The van der Waals surface area contributed by atoms with E-state index in [-0.39, 0.29) is 11.2 Å². The zero-order valence-electron chi connectivity index (χ0n) is 12.5. The van der Waals surface area contributed by atoms with Crippen LogP contribution in [0.1, 0.15) is 38.5 Å². The Morgan fingerprint density at radius 3 is 2.14 bits per heavy atom. The molecule has 0 aliphatic heterocycles. The van der Waals surface area contributed by atoms with Crippen molar-refractivity contribution in [3.8, 4) is 5.75 Å². The van der Waals surface area contributed by atoms with Gasteiger partial charge in [0.2, 0.25) is 0 Å². The molecule has 0 bridgehead atoms. The first-order valence-electron chi connectivity index (χ1n) is 7.44. The zero-order chi connectivity index (χ0) is 15.3. The summed E-state index contributed by atoms with van der Waals surface area (Å²) in [4.78, 5) is 0.396. The van der Waals surface area contributed by atoms with Crippen molar-refractivity contribution in [1.29, 1.82) is 0 Å². The van der Waals surface area contributed by atoms with Gasteiger partial charge in [-0.3, -0.25) is 0 Å². The van der Waals surface area contributed by atoms with E-state index in [1.165, 1.54) is 12.8 Å². The Labute approximate surface area is 136 Å². The molecule has 1 aromatic rings. The second-order valence-electron chi connectivity index (χ2n) is 5.98. The summed E-state index contributed by atoms with van der Waals surface area (Å²) in [6.07, 6.45) is 6.68. The third kappa shape index (κ3) is 4.22. The summed E-state index contributed by atoms with van der Waals surface area (Å²) in [6, 6.07) is 6.71. The number of ether oxygens (including phenoxy) is 1. The maximum absolute atomic E-state index is 12.7. The van der Waals surface area contributed by atoms with Gasteiger partial charge in [0.05, 0.1) is 17.8 Å². The van der Waals surface area contributed by atoms with Crippen molar-refractivity contribution >= 4 is 25.8 Å². The van der Waals surface area contributed by atoms with Crippen molar-refractivity contribution < 1.29 is 13.2 Å². The molecule has 1 saturated carbocycles. The summed E-state index contributed by atoms with van der Waals surface area (Å²) < 4.78 is 30.5. The van der Waals surface area contributed by atoms with E-state index in [9.17, 15) is 8.42 Å². The summed E-state index contributed by atoms with van der Waals surface area (Å²) in [5.41, 5.74) is -0.116. The number of rotatable bonds is 5. The summed E-state index contributed by atoms with van der Waals surface area (Å²) in [7, 11) is -1.68. The Balaban J connectivity index is 2.21. The number of sulfone groups is 1. The van der Waals surface area contributed by atoms with Crippen molar-refractivity contribution in [3.05, 3.63) is 24.3 Å². The fourth-order valence-electron chi connectivity index (χ4n) is 3.06. The quantitative estimate of drug-likeness (QED) is 0.572. The van der Waals surface area contributed by atoms with E-state index in [1.54, 1.807) is 31.4 Å². The molecule has 1 aromatic carbocycles. The number of methoxy groups -OCH3 is 1. The number of hydrogen-bond acceptors (Lipinski definition) is 3. The fraction of sp³-hybridized carbons (Fsp3) is 0.625. The highest BCUT2D eigenvalue weighted by atomic mass is 79.9. The normalized spacial score (nSPS) is 19.0. The predicted octanol–water partition coefficient (Wildman–Crippen LogP) is 4.20. The standard InChI is InChI=1S/C16H23BrO3S/c1-20-14-6-8-15(9-7-14)21(18,19)13-16(12-17)10-4-2-3-5-11-16/h6-9H,2-5,10-13H2,1H3. The van der Waals surface area contributed by atoms with Gasteiger partial charge in [-0.15, -0.1) is 0 Å². The molecule has 5 heteroatoms. The SMILES string of the molecule is COc1ccc(S(=O)(=O)CC2(CBr)CCCCCC2)cc1. The van der Waals surface area contributed by atoms with Gasteiger partial charge in [0.1, 0.15) is 5.75 Å². The highest BCUT2D eigenvalue weighted by molar-refractivity contribution is 9.09. The zero-order valence-corrected chi connectivity index (χ0v) is 14.9. The minimum Gasteiger partial charge on any atom is -0.497 e. The molecule has 0 unspecified atom stereocenters. The van der Waals surface area contributed by atoms with Crippen LogP contribution in [0.15, 0.2) is 29.2 Å². The van der Waals surface area contributed by atoms with E-state index < -0.39 is 9.84 Å². The first-order chi connectivity index (χ1) is 10.0. The summed E-state index contributed by atoms with van der Waals surface area (Å²) in [6.45, 7) is 0. The van der Waals surface area contributed by atoms with Gasteiger partial charge in [0.25, 0.3) is 0 Å². The molecule has 0 radical (unpaired) electrons. The van der Waals surface area contributed by atoms with Gasteiger partial charge in [-0.25, -0.2) is 8.42 Å². The second-order valence-corrected chi connectivity index (χ2v) is 8.53. The molecule has 1 aliphatic rings. The Morgan fingerprint density at radius 2 is 1.67 bits per heavy atom. The van der Waals surface area contributed by atoms with E-state index in [0.717, 1.165) is 31.0 Å². The molecule has 0 N–H and O–H groups in total. The van der Waals surface area contributed by atoms with Crippen LogP contribution in [0.5, 0.6) is 5.75 Å². The first kappa shape index (κ1) is 16.8. The third-order valence-corrected chi connectivity index (χ3v) is 7.53. The van der Waals surface area contributed by atoms with Crippen LogP contribution in [0.3, 0.4) is 0 Å². The molecule has 0 amide bonds. The molecule has 0 spiro atoms. The van der Waals surface area contributed by atoms with Gasteiger partial charge < -0.3 is 4.74 Å². The lowest BCUT2D eigenvalue weighted by molar-refractivity contribution is 0.327. The predicted molar refractivity (Wildman–Crippen MR) is 89.0 cm³/mol. The van der Waals surface area contributed by atoms with Crippen LogP contribution in [0.25, 0.3) is 0 Å². The van der Waals surface area contributed by atoms with E-state index in [2.05, 4.69) is 15.9 Å². The molecule has 0 saturated heterocycles. The van der Waals surface area contributed by atoms with E-state index in [1.807, 2.05) is 0 Å². The number of hydrogen-bond donors (Lipinski definition) is 0. The highest BCUT2D eigenvalue weighted by Gasteiger charge is 2.35. The van der Waals surface area contributed by atoms with Crippen molar-refractivity contribution in [2.45, 2.75) is 43.4 Å². The lowest BCUT2D eigenvalue weighted by Gasteiger charge is -2.30. The molecule has 118 valence electrons. The van der Waals surface area contributed by atoms with Crippen LogP contribution >= 0.6 is 15.9 Å². The molecule has 3 nitrogen and oxygen atoms in total. The minimum atomic E-state index is -3.26. The number of alkyl halides is 1. The molecule has 0 atom stereocenters. The lowest BCUT2D eigenvalue weighted by atomic mass is 9.85. The average molecular weight is 375 g/mol. The third-order valence-electron chi connectivity index (χ3n) is 4.36. The summed E-state index contributed by atoms with van der Waals surface area (Å²) in [5.74, 6) is 0.913. The van der Waals surface area contributed by atoms with Crippen LogP contribution in [-0.2, 0) is 9.84 Å². The van der Waals surface area contributed by atoms with Crippen LogP contribution in [0.4, 0.5) is 0 Å². The molecule has 2 rings (SSSR count). The minimum absolute atomic E-state index is 0.116. The molecular formula is C16H23BrO3S. The summed E-state index contributed by atoms with van der Waals surface area (Å²) >= 11 is 3.57. The Morgan fingerprint density at radius 1 is 1.10 bits per heavy atom. The van der Waals surface area contributed by atoms with Crippen LogP contribution in [0.2, 0.25) is 0 Å². The van der Waals surface area contributed by atoms with Crippen molar-refractivity contribution in [3.63, 3.8) is 0 Å².